The lowest BCUT2D eigenvalue weighted by molar-refractivity contribution is -0.113. The molecule has 1 N–H and O–H groups in total. The fraction of sp³-hybridized carbons (Fsp3) is 0.316. The summed E-state index contributed by atoms with van der Waals surface area (Å²) in [5.41, 5.74) is 3.15. The van der Waals surface area contributed by atoms with Gasteiger partial charge in [-0.05, 0) is 37.8 Å². The second-order valence-corrected chi connectivity index (χ2v) is 7.67. The molecule has 0 fully saturated rings. The first-order valence-corrected chi connectivity index (χ1v) is 10.3. The van der Waals surface area contributed by atoms with E-state index >= 15 is 0 Å². The van der Waals surface area contributed by atoms with E-state index < -0.39 is 0 Å². The van der Waals surface area contributed by atoms with Crippen molar-refractivity contribution in [3.63, 3.8) is 0 Å². The molecule has 132 valence electrons. The number of fused-ring (bicyclic) bond motifs is 1. The minimum absolute atomic E-state index is 0.0297. The van der Waals surface area contributed by atoms with Crippen molar-refractivity contribution >= 4 is 35.1 Å². The van der Waals surface area contributed by atoms with Crippen molar-refractivity contribution in [2.45, 2.75) is 23.6 Å². The van der Waals surface area contributed by atoms with Crippen LogP contribution in [0.5, 0.6) is 11.5 Å². The minimum Gasteiger partial charge on any atom is -0.486 e. The van der Waals surface area contributed by atoms with E-state index in [4.69, 9.17) is 9.47 Å². The van der Waals surface area contributed by atoms with Crippen LogP contribution >= 0.6 is 23.5 Å². The summed E-state index contributed by atoms with van der Waals surface area (Å²) >= 11 is 3.13. The molecule has 2 aromatic carbocycles. The van der Waals surface area contributed by atoms with E-state index in [-0.39, 0.29) is 5.91 Å². The quantitative estimate of drug-likeness (QED) is 0.778. The van der Waals surface area contributed by atoms with Gasteiger partial charge in [-0.3, -0.25) is 4.79 Å². The fourth-order valence-corrected chi connectivity index (χ4v) is 4.01. The Kier molecular flexibility index (Phi) is 5.81. The smallest absolute Gasteiger partial charge is 0.234 e. The maximum absolute atomic E-state index is 12.4. The number of aryl methyl sites for hydroxylation is 2. The summed E-state index contributed by atoms with van der Waals surface area (Å²) in [7, 11) is 0. The van der Waals surface area contributed by atoms with Crippen LogP contribution in [0.1, 0.15) is 11.1 Å². The van der Waals surface area contributed by atoms with Crippen LogP contribution < -0.4 is 14.8 Å². The van der Waals surface area contributed by atoms with Crippen molar-refractivity contribution in [1.29, 1.82) is 0 Å². The lowest BCUT2D eigenvalue weighted by atomic mass is 10.2. The van der Waals surface area contributed by atoms with Crippen molar-refractivity contribution < 1.29 is 14.3 Å². The Balaban J connectivity index is 1.69. The zero-order chi connectivity index (χ0) is 17.8. The Labute approximate surface area is 156 Å². The maximum Gasteiger partial charge on any atom is 0.234 e. The summed E-state index contributed by atoms with van der Waals surface area (Å²) in [6.45, 7) is 5.20. The number of benzene rings is 2. The number of ether oxygens (including phenoxy) is 2. The van der Waals surface area contributed by atoms with E-state index in [2.05, 4.69) is 37.4 Å². The highest BCUT2D eigenvalue weighted by Gasteiger charge is 2.17. The van der Waals surface area contributed by atoms with Crippen molar-refractivity contribution in [1.82, 2.24) is 0 Å². The molecule has 0 saturated heterocycles. The highest BCUT2D eigenvalue weighted by Crippen LogP contribution is 2.39. The second kappa shape index (κ2) is 8.06. The molecule has 1 aliphatic heterocycles. The fourth-order valence-electron chi connectivity index (χ4n) is 2.53. The number of carbonyl (C=O) groups is 1. The number of hydrogen-bond donors (Lipinski definition) is 1. The molecule has 0 aromatic heterocycles. The molecule has 1 heterocycles. The Bertz CT molecular complexity index is 792. The normalized spacial score (nSPS) is 12.8. The van der Waals surface area contributed by atoms with E-state index in [1.807, 2.05) is 18.4 Å². The largest absolute Gasteiger partial charge is 0.486 e. The van der Waals surface area contributed by atoms with Crippen LogP contribution in [0.3, 0.4) is 0 Å². The van der Waals surface area contributed by atoms with Gasteiger partial charge >= 0.3 is 0 Å². The van der Waals surface area contributed by atoms with Crippen molar-refractivity contribution in [3.8, 4) is 11.5 Å². The van der Waals surface area contributed by atoms with Crippen LogP contribution in [-0.4, -0.2) is 31.1 Å². The van der Waals surface area contributed by atoms with Crippen LogP contribution in [0, 0.1) is 13.8 Å². The highest BCUT2D eigenvalue weighted by molar-refractivity contribution is 8.00. The molecular weight excluding hydrogens is 354 g/mol. The van der Waals surface area contributed by atoms with Gasteiger partial charge in [0.25, 0.3) is 0 Å². The van der Waals surface area contributed by atoms with Gasteiger partial charge in [0.15, 0.2) is 11.5 Å². The van der Waals surface area contributed by atoms with Crippen molar-refractivity contribution in [3.05, 3.63) is 41.5 Å². The van der Waals surface area contributed by atoms with Gasteiger partial charge in [-0.1, -0.05) is 17.7 Å². The van der Waals surface area contributed by atoms with Crippen LogP contribution in [-0.2, 0) is 4.79 Å². The van der Waals surface area contributed by atoms with E-state index in [1.165, 1.54) is 11.1 Å². The second-order valence-electron chi connectivity index (χ2n) is 5.80. The van der Waals surface area contributed by atoms with Crippen molar-refractivity contribution in [2.24, 2.45) is 0 Å². The standard InChI is InChI=1S/C19H21NO3S2/c1-12-4-5-13(2)17(8-12)25-11-19(21)20-14-9-15-16(10-18(14)24-3)23-7-6-22-15/h4-5,8-10H,6-7,11H2,1-3H3,(H,20,21). The molecule has 1 amide bonds. The van der Waals surface area contributed by atoms with E-state index in [9.17, 15) is 4.79 Å². The van der Waals surface area contributed by atoms with Gasteiger partial charge in [0.2, 0.25) is 5.91 Å². The third-order valence-corrected chi connectivity index (χ3v) is 5.78. The first kappa shape index (κ1) is 18.0. The van der Waals surface area contributed by atoms with Crippen LogP contribution in [0.4, 0.5) is 5.69 Å². The van der Waals surface area contributed by atoms with Gasteiger partial charge in [-0.25, -0.2) is 0 Å². The summed E-state index contributed by atoms with van der Waals surface area (Å²) in [6, 6.07) is 10.1. The van der Waals surface area contributed by atoms with Gasteiger partial charge in [-0.2, -0.15) is 0 Å². The first-order valence-electron chi connectivity index (χ1n) is 8.04. The lowest BCUT2D eigenvalue weighted by Gasteiger charge is -2.21. The van der Waals surface area contributed by atoms with E-state index in [1.54, 1.807) is 23.5 Å². The molecule has 2 aromatic rings. The number of hydrogen-bond acceptors (Lipinski definition) is 5. The number of anilines is 1. The molecule has 0 spiro atoms. The van der Waals surface area contributed by atoms with Gasteiger partial charge in [0, 0.05) is 15.9 Å². The van der Waals surface area contributed by atoms with Crippen LogP contribution in [0.2, 0.25) is 0 Å². The SMILES string of the molecule is CSc1cc2c(cc1NC(=O)CSc1cc(C)ccc1C)OCCO2. The number of nitrogens with one attached hydrogen (secondary N) is 1. The molecule has 0 bridgehead atoms. The topological polar surface area (TPSA) is 47.6 Å². The molecule has 6 heteroatoms. The van der Waals surface area contributed by atoms with Gasteiger partial charge < -0.3 is 14.8 Å². The molecule has 0 radical (unpaired) electrons. The molecule has 25 heavy (non-hydrogen) atoms. The monoisotopic (exact) mass is 375 g/mol. The van der Waals surface area contributed by atoms with Gasteiger partial charge in [-0.15, -0.1) is 23.5 Å². The van der Waals surface area contributed by atoms with E-state index in [0.29, 0.717) is 24.7 Å². The average Bonchev–Trinajstić information content (AvgIpc) is 2.62. The predicted molar refractivity (Wildman–Crippen MR) is 104 cm³/mol. The Hall–Kier alpha value is -1.79. The molecule has 4 nitrogen and oxygen atoms in total. The Morgan fingerprint density at radius 1 is 1.08 bits per heavy atom. The molecular formula is C19H21NO3S2. The van der Waals surface area contributed by atoms with Crippen LogP contribution in [0.15, 0.2) is 40.1 Å². The molecule has 3 rings (SSSR count). The third-order valence-electron chi connectivity index (χ3n) is 3.84. The maximum atomic E-state index is 12.4. The zero-order valence-corrected chi connectivity index (χ0v) is 16.2. The van der Waals surface area contributed by atoms with E-state index in [0.717, 1.165) is 21.2 Å². The van der Waals surface area contributed by atoms with Crippen LogP contribution in [0.25, 0.3) is 0 Å². The molecule has 0 atom stereocenters. The number of thioether (sulfide) groups is 2. The average molecular weight is 376 g/mol. The summed E-state index contributed by atoms with van der Waals surface area (Å²) in [5.74, 6) is 1.75. The first-order chi connectivity index (χ1) is 12.1. The Morgan fingerprint density at radius 3 is 2.52 bits per heavy atom. The lowest BCUT2D eigenvalue weighted by Crippen LogP contribution is -2.18. The minimum atomic E-state index is -0.0297. The molecule has 0 unspecified atom stereocenters. The zero-order valence-electron chi connectivity index (χ0n) is 14.5. The number of amides is 1. The Morgan fingerprint density at radius 2 is 1.80 bits per heavy atom. The third kappa shape index (κ3) is 4.44. The van der Waals surface area contributed by atoms with Crippen molar-refractivity contribution in [2.75, 3.05) is 30.5 Å². The number of carbonyl (C=O) groups excluding carboxylic acids is 1. The number of rotatable bonds is 5. The predicted octanol–water partition coefficient (Wildman–Crippen LogP) is 4.53. The van der Waals surface area contributed by atoms with Gasteiger partial charge in [0.1, 0.15) is 13.2 Å². The summed E-state index contributed by atoms with van der Waals surface area (Å²) in [4.78, 5) is 14.5. The molecule has 0 saturated carbocycles. The van der Waals surface area contributed by atoms with Gasteiger partial charge in [0.05, 0.1) is 11.4 Å². The summed E-state index contributed by atoms with van der Waals surface area (Å²) < 4.78 is 11.2. The molecule has 1 aliphatic rings. The highest BCUT2D eigenvalue weighted by atomic mass is 32.2. The molecule has 0 aliphatic carbocycles. The summed E-state index contributed by atoms with van der Waals surface area (Å²) in [6.07, 6.45) is 1.98. The summed E-state index contributed by atoms with van der Waals surface area (Å²) in [5, 5.41) is 3.00.